The van der Waals surface area contributed by atoms with Gasteiger partial charge in [-0.3, -0.25) is 4.79 Å². The maximum Gasteiger partial charge on any atom is 0.136 e. The van der Waals surface area contributed by atoms with E-state index in [2.05, 4.69) is 18.7 Å². The number of Topliss-reactive ketones (excluding diaryl/α,β-unsaturated/α-hetero) is 1. The van der Waals surface area contributed by atoms with Crippen molar-refractivity contribution in [2.24, 2.45) is 11.3 Å². The summed E-state index contributed by atoms with van der Waals surface area (Å²) < 4.78 is 5.24. The predicted octanol–water partition coefficient (Wildman–Crippen LogP) is 3.05. The molecule has 3 saturated heterocycles. The average Bonchev–Trinajstić information content (AvgIpc) is 2.26. The van der Waals surface area contributed by atoms with Gasteiger partial charge < -0.3 is 4.74 Å². The quantitative estimate of drug-likeness (QED) is 0.774. The Morgan fingerprint density at radius 3 is 2.47 bits per heavy atom. The molecular formula is C14H22O2S. The minimum atomic E-state index is 0.163. The van der Waals surface area contributed by atoms with Crippen molar-refractivity contribution < 1.29 is 9.53 Å². The van der Waals surface area contributed by atoms with Crippen molar-refractivity contribution in [3.63, 3.8) is 0 Å². The van der Waals surface area contributed by atoms with E-state index >= 15 is 0 Å². The Kier molecular flexibility index (Phi) is 3.24. The SMILES string of the molecule is CC1(CC(=O)C2CC3CCCC(C2)S3)COC1. The van der Waals surface area contributed by atoms with Gasteiger partial charge in [0.25, 0.3) is 0 Å². The first-order chi connectivity index (χ1) is 8.15. The zero-order valence-corrected chi connectivity index (χ0v) is 11.4. The molecule has 3 heterocycles. The third kappa shape index (κ3) is 2.55. The van der Waals surface area contributed by atoms with E-state index in [1.165, 1.54) is 19.3 Å². The van der Waals surface area contributed by atoms with Crippen LogP contribution in [0.2, 0.25) is 0 Å². The van der Waals surface area contributed by atoms with Crippen LogP contribution in [0.25, 0.3) is 0 Å². The van der Waals surface area contributed by atoms with Crippen molar-refractivity contribution in [1.29, 1.82) is 0 Å². The largest absolute Gasteiger partial charge is 0.380 e. The van der Waals surface area contributed by atoms with E-state index in [0.29, 0.717) is 11.7 Å². The van der Waals surface area contributed by atoms with Gasteiger partial charge in [-0.1, -0.05) is 13.3 Å². The summed E-state index contributed by atoms with van der Waals surface area (Å²) in [5, 5.41) is 1.56. The Morgan fingerprint density at radius 2 is 1.94 bits per heavy atom. The first kappa shape index (κ1) is 12.0. The number of hydrogen-bond donors (Lipinski definition) is 0. The molecule has 3 aliphatic heterocycles. The molecule has 0 aromatic rings. The van der Waals surface area contributed by atoms with Gasteiger partial charge >= 0.3 is 0 Å². The lowest BCUT2D eigenvalue weighted by Crippen LogP contribution is -2.43. The second kappa shape index (κ2) is 4.58. The predicted molar refractivity (Wildman–Crippen MR) is 70.3 cm³/mol. The van der Waals surface area contributed by atoms with E-state index < -0.39 is 0 Å². The molecule has 2 nitrogen and oxygen atoms in total. The van der Waals surface area contributed by atoms with Crippen LogP contribution in [0.3, 0.4) is 0 Å². The highest BCUT2D eigenvalue weighted by Gasteiger charge is 2.40. The second-order valence-electron chi connectivity index (χ2n) is 6.43. The van der Waals surface area contributed by atoms with Crippen LogP contribution in [0.5, 0.6) is 0 Å². The smallest absolute Gasteiger partial charge is 0.136 e. The van der Waals surface area contributed by atoms with E-state index in [1.807, 2.05) is 0 Å². The number of rotatable bonds is 3. The fourth-order valence-corrected chi connectivity index (χ4v) is 5.28. The first-order valence-electron chi connectivity index (χ1n) is 6.91. The highest BCUT2D eigenvalue weighted by molar-refractivity contribution is 8.00. The number of thioether (sulfide) groups is 1. The lowest BCUT2D eigenvalue weighted by atomic mass is 9.77. The van der Waals surface area contributed by atoms with E-state index in [4.69, 9.17) is 4.74 Å². The monoisotopic (exact) mass is 254 g/mol. The Hall–Kier alpha value is -0.0200. The molecule has 0 aromatic heterocycles. The molecule has 2 unspecified atom stereocenters. The number of carbonyl (C=O) groups is 1. The van der Waals surface area contributed by atoms with Crippen molar-refractivity contribution in [2.75, 3.05) is 13.2 Å². The summed E-state index contributed by atoms with van der Waals surface area (Å²) in [6.45, 7) is 3.76. The summed E-state index contributed by atoms with van der Waals surface area (Å²) in [6, 6.07) is 0. The maximum absolute atomic E-state index is 12.4. The highest BCUT2D eigenvalue weighted by atomic mass is 32.2. The zero-order chi connectivity index (χ0) is 11.9. The maximum atomic E-state index is 12.4. The first-order valence-corrected chi connectivity index (χ1v) is 7.85. The fourth-order valence-electron chi connectivity index (χ4n) is 3.44. The van der Waals surface area contributed by atoms with Crippen molar-refractivity contribution in [3.05, 3.63) is 0 Å². The van der Waals surface area contributed by atoms with Crippen molar-refractivity contribution in [2.45, 2.75) is 55.9 Å². The van der Waals surface area contributed by atoms with Crippen LogP contribution in [0, 0.1) is 11.3 Å². The van der Waals surface area contributed by atoms with Crippen molar-refractivity contribution >= 4 is 17.5 Å². The summed E-state index contributed by atoms with van der Waals surface area (Å²) in [6.07, 6.45) is 7.11. The molecular weight excluding hydrogens is 232 g/mol. The summed E-state index contributed by atoms with van der Waals surface area (Å²) in [4.78, 5) is 12.4. The van der Waals surface area contributed by atoms with Crippen molar-refractivity contribution in [1.82, 2.24) is 0 Å². The van der Waals surface area contributed by atoms with Gasteiger partial charge in [0.2, 0.25) is 0 Å². The van der Waals surface area contributed by atoms with Gasteiger partial charge in [0.15, 0.2) is 0 Å². The molecule has 0 amide bonds. The zero-order valence-electron chi connectivity index (χ0n) is 10.6. The molecule has 0 aliphatic carbocycles. The van der Waals surface area contributed by atoms with E-state index in [-0.39, 0.29) is 5.41 Å². The molecule has 0 saturated carbocycles. The van der Waals surface area contributed by atoms with Gasteiger partial charge in [-0.25, -0.2) is 0 Å². The summed E-state index contributed by atoms with van der Waals surface area (Å²) in [5.41, 5.74) is 0.163. The molecule has 0 spiro atoms. The van der Waals surface area contributed by atoms with Crippen LogP contribution < -0.4 is 0 Å². The van der Waals surface area contributed by atoms with Crippen LogP contribution in [0.1, 0.15) is 45.4 Å². The molecule has 17 heavy (non-hydrogen) atoms. The van der Waals surface area contributed by atoms with Gasteiger partial charge in [0.1, 0.15) is 5.78 Å². The molecule has 3 fully saturated rings. The molecule has 3 rings (SSSR count). The van der Waals surface area contributed by atoms with Crippen molar-refractivity contribution in [3.8, 4) is 0 Å². The molecule has 0 radical (unpaired) electrons. The Bertz CT molecular complexity index is 299. The molecule has 2 bridgehead atoms. The number of fused-ring (bicyclic) bond motifs is 2. The van der Waals surface area contributed by atoms with Crippen LogP contribution in [-0.4, -0.2) is 29.5 Å². The molecule has 0 aromatic carbocycles. The number of ether oxygens (including phenoxy) is 1. The minimum Gasteiger partial charge on any atom is -0.380 e. The average molecular weight is 254 g/mol. The molecule has 2 atom stereocenters. The van der Waals surface area contributed by atoms with E-state index in [9.17, 15) is 4.79 Å². The van der Waals surface area contributed by atoms with Gasteiger partial charge in [-0.15, -0.1) is 0 Å². The summed E-state index contributed by atoms with van der Waals surface area (Å²) >= 11 is 2.16. The lowest BCUT2D eigenvalue weighted by molar-refractivity contribution is -0.140. The topological polar surface area (TPSA) is 26.3 Å². The van der Waals surface area contributed by atoms with Crippen LogP contribution in [0.15, 0.2) is 0 Å². The second-order valence-corrected chi connectivity index (χ2v) is 8.03. The third-order valence-electron chi connectivity index (χ3n) is 4.49. The third-order valence-corrected chi connectivity index (χ3v) is 6.12. The van der Waals surface area contributed by atoms with Gasteiger partial charge in [-0.05, 0) is 25.7 Å². The Labute approximate surface area is 108 Å². The fraction of sp³-hybridized carbons (Fsp3) is 0.929. The van der Waals surface area contributed by atoms with E-state index in [1.54, 1.807) is 0 Å². The van der Waals surface area contributed by atoms with Gasteiger partial charge in [-0.2, -0.15) is 11.8 Å². The summed E-state index contributed by atoms with van der Waals surface area (Å²) in [7, 11) is 0. The minimum absolute atomic E-state index is 0.163. The standard InChI is InChI=1S/C14H22O2S/c1-14(8-16-9-14)7-13(15)10-5-11-3-2-4-12(6-10)17-11/h10-12H,2-9H2,1H3. The molecule has 3 heteroatoms. The molecule has 96 valence electrons. The van der Waals surface area contributed by atoms with E-state index in [0.717, 1.165) is 43.0 Å². The Morgan fingerprint density at radius 1 is 1.29 bits per heavy atom. The molecule has 3 aliphatic rings. The highest BCUT2D eigenvalue weighted by Crippen LogP contribution is 2.45. The van der Waals surface area contributed by atoms with Gasteiger partial charge in [0, 0.05) is 28.3 Å². The lowest BCUT2D eigenvalue weighted by Gasteiger charge is -2.41. The Balaban J connectivity index is 1.58. The van der Waals surface area contributed by atoms with Crippen LogP contribution in [-0.2, 0) is 9.53 Å². The van der Waals surface area contributed by atoms with Crippen LogP contribution >= 0.6 is 11.8 Å². The molecule has 0 N–H and O–H groups in total. The van der Waals surface area contributed by atoms with Crippen LogP contribution in [0.4, 0.5) is 0 Å². The van der Waals surface area contributed by atoms with Gasteiger partial charge in [0.05, 0.1) is 13.2 Å². The normalized spacial score (nSPS) is 39.5. The number of carbonyl (C=O) groups excluding carboxylic acids is 1. The number of hydrogen-bond acceptors (Lipinski definition) is 3. The summed E-state index contributed by atoms with van der Waals surface area (Å²) in [5.74, 6) is 0.886. The number of ketones is 1.